The Bertz CT molecular complexity index is 935. The van der Waals surface area contributed by atoms with E-state index in [0.717, 1.165) is 12.1 Å². The van der Waals surface area contributed by atoms with Crippen LogP contribution in [0.25, 0.3) is 0 Å². The summed E-state index contributed by atoms with van der Waals surface area (Å²) in [6, 6.07) is 10.0. The van der Waals surface area contributed by atoms with Gasteiger partial charge in [0.15, 0.2) is 5.78 Å². The number of nitro benzene ring substituents is 1. The molecule has 2 atom stereocenters. The number of hydrogen-bond acceptors (Lipinski definition) is 4. The lowest BCUT2D eigenvalue weighted by atomic mass is 9.84. The van der Waals surface area contributed by atoms with E-state index in [-0.39, 0.29) is 11.5 Å². The van der Waals surface area contributed by atoms with E-state index in [1.54, 1.807) is 37.1 Å². The molecule has 0 saturated carbocycles. The molecule has 3 rings (SSSR count). The number of nitro groups is 1. The average Bonchev–Trinajstić information content (AvgIpc) is 2.65. The molecule has 0 aliphatic carbocycles. The minimum Gasteiger partial charge on any atom is -0.339 e. The van der Waals surface area contributed by atoms with E-state index in [2.05, 4.69) is 0 Å². The number of anilines is 1. The fraction of sp³-hybridized carbons (Fsp3) is 0.250. The van der Waals surface area contributed by atoms with Crippen LogP contribution in [0.15, 0.2) is 60.3 Å². The third-order valence-corrected chi connectivity index (χ3v) is 4.85. The van der Waals surface area contributed by atoms with Crippen molar-refractivity contribution in [1.82, 2.24) is 0 Å². The van der Waals surface area contributed by atoms with E-state index >= 15 is 0 Å². The van der Waals surface area contributed by atoms with Crippen molar-refractivity contribution in [2.24, 2.45) is 5.92 Å². The minimum atomic E-state index is -4.44. The molecule has 0 unspecified atom stereocenters. The molecule has 5 nitrogen and oxygen atoms in total. The first-order valence-electron chi connectivity index (χ1n) is 8.52. The maximum absolute atomic E-state index is 12.9. The summed E-state index contributed by atoms with van der Waals surface area (Å²) < 4.78 is 38.6. The van der Waals surface area contributed by atoms with Crippen molar-refractivity contribution in [3.05, 3.63) is 81.5 Å². The molecule has 1 heterocycles. The number of non-ortho nitro benzene ring substituents is 1. The Morgan fingerprint density at radius 2 is 1.61 bits per heavy atom. The summed E-state index contributed by atoms with van der Waals surface area (Å²) in [6.45, 7) is 3.39. The van der Waals surface area contributed by atoms with E-state index in [4.69, 9.17) is 0 Å². The lowest BCUT2D eigenvalue weighted by Crippen LogP contribution is -2.37. The summed E-state index contributed by atoms with van der Waals surface area (Å²) in [5.74, 6) is -0.597. The zero-order valence-corrected chi connectivity index (χ0v) is 15.1. The Balaban J connectivity index is 2.05. The molecular weight excluding hydrogens is 373 g/mol. The summed E-state index contributed by atoms with van der Waals surface area (Å²) in [4.78, 5) is 24.6. The number of allylic oxidation sites excluding steroid dienone is 1. The predicted molar refractivity (Wildman–Crippen MR) is 97.7 cm³/mol. The number of benzene rings is 2. The number of Topliss-reactive ketones (excluding diaryl/α,β-unsaturated/α-hetero) is 1. The molecule has 0 spiro atoms. The molecule has 2 aromatic rings. The highest BCUT2D eigenvalue weighted by Gasteiger charge is 2.36. The number of halogens is 3. The predicted octanol–water partition coefficient (Wildman–Crippen LogP) is 5.28. The standard InChI is InChI=1S/C20H17F3N2O3/c1-12-11-24(16-7-9-17(10-8-16)25(27)28)18(13(2)19(12)26)14-3-5-15(6-4-14)20(21,22)23/h3-11,13,18H,1-2H3/t13-,18-/m1/s1. The van der Waals surface area contributed by atoms with Crippen molar-refractivity contribution in [3.63, 3.8) is 0 Å². The number of hydrogen-bond donors (Lipinski definition) is 0. The van der Waals surface area contributed by atoms with Gasteiger partial charge in [-0.1, -0.05) is 19.1 Å². The highest BCUT2D eigenvalue weighted by Crippen LogP contribution is 2.40. The molecule has 28 heavy (non-hydrogen) atoms. The molecule has 1 aliphatic heterocycles. The van der Waals surface area contributed by atoms with Crippen LogP contribution in [0.1, 0.15) is 31.0 Å². The Morgan fingerprint density at radius 3 is 2.11 bits per heavy atom. The van der Waals surface area contributed by atoms with Crippen LogP contribution in [0.2, 0.25) is 0 Å². The third kappa shape index (κ3) is 3.62. The van der Waals surface area contributed by atoms with Gasteiger partial charge in [-0.2, -0.15) is 13.2 Å². The molecule has 0 fully saturated rings. The highest BCUT2D eigenvalue weighted by molar-refractivity contribution is 5.99. The topological polar surface area (TPSA) is 63.4 Å². The summed E-state index contributed by atoms with van der Waals surface area (Å²) >= 11 is 0. The second-order valence-corrected chi connectivity index (χ2v) is 6.71. The number of alkyl halides is 3. The number of rotatable bonds is 3. The average molecular weight is 390 g/mol. The normalized spacial score (nSPS) is 20.1. The highest BCUT2D eigenvalue weighted by atomic mass is 19.4. The van der Waals surface area contributed by atoms with Gasteiger partial charge in [-0.25, -0.2) is 0 Å². The minimum absolute atomic E-state index is 0.0725. The van der Waals surface area contributed by atoms with Gasteiger partial charge in [0.1, 0.15) is 0 Å². The molecule has 0 N–H and O–H groups in total. The Kier molecular flexibility index (Phi) is 4.97. The number of nitrogens with zero attached hydrogens (tertiary/aromatic N) is 2. The van der Waals surface area contributed by atoms with Gasteiger partial charge >= 0.3 is 6.18 Å². The van der Waals surface area contributed by atoms with Gasteiger partial charge in [0, 0.05) is 35.5 Å². The first-order chi connectivity index (χ1) is 13.1. The molecule has 0 amide bonds. The molecule has 0 bridgehead atoms. The van der Waals surface area contributed by atoms with Crippen LogP contribution in [0, 0.1) is 16.0 Å². The molecule has 2 aromatic carbocycles. The van der Waals surface area contributed by atoms with E-state index in [9.17, 15) is 28.1 Å². The van der Waals surface area contributed by atoms with Crippen molar-refractivity contribution in [2.75, 3.05) is 4.90 Å². The smallest absolute Gasteiger partial charge is 0.339 e. The fourth-order valence-corrected chi connectivity index (χ4v) is 3.40. The number of carbonyl (C=O) groups is 1. The van der Waals surface area contributed by atoms with Crippen molar-refractivity contribution in [1.29, 1.82) is 0 Å². The number of ketones is 1. The molecule has 8 heteroatoms. The Hall–Kier alpha value is -3.16. The van der Waals surface area contributed by atoms with Gasteiger partial charge in [0.05, 0.1) is 16.5 Å². The summed E-state index contributed by atoms with van der Waals surface area (Å²) in [5, 5.41) is 10.9. The summed E-state index contributed by atoms with van der Waals surface area (Å²) in [6.07, 6.45) is -2.81. The second kappa shape index (κ2) is 7.10. The van der Waals surface area contributed by atoms with Gasteiger partial charge in [-0.05, 0) is 36.8 Å². The van der Waals surface area contributed by atoms with Crippen molar-refractivity contribution < 1.29 is 22.9 Å². The monoisotopic (exact) mass is 390 g/mol. The first-order valence-corrected chi connectivity index (χ1v) is 8.52. The first kappa shape index (κ1) is 19.6. The number of carbonyl (C=O) groups excluding carboxylic acids is 1. The van der Waals surface area contributed by atoms with Crippen LogP contribution >= 0.6 is 0 Å². The zero-order chi connectivity index (χ0) is 20.6. The van der Waals surface area contributed by atoms with Crippen LogP contribution in [-0.2, 0) is 11.0 Å². The summed E-state index contributed by atoms with van der Waals surface area (Å²) in [5.41, 5.74) is 0.829. The van der Waals surface area contributed by atoms with E-state index in [1.807, 2.05) is 0 Å². The molecule has 0 aromatic heterocycles. The molecule has 146 valence electrons. The SMILES string of the molecule is CC1=CN(c2ccc([N+](=O)[O-])cc2)[C@@H](c2ccc(C(F)(F)F)cc2)[C@@H](C)C1=O. The lowest BCUT2D eigenvalue weighted by Gasteiger charge is -2.38. The maximum atomic E-state index is 12.9. The van der Waals surface area contributed by atoms with Crippen molar-refractivity contribution >= 4 is 17.2 Å². The molecule has 0 radical (unpaired) electrons. The lowest BCUT2D eigenvalue weighted by molar-refractivity contribution is -0.384. The molecule has 1 aliphatic rings. The quantitative estimate of drug-likeness (QED) is 0.528. The van der Waals surface area contributed by atoms with Crippen LogP contribution in [0.3, 0.4) is 0 Å². The fourth-order valence-electron chi connectivity index (χ4n) is 3.40. The van der Waals surface area contributed by atoms with Gasteiger partial charge in [0.2, 0.25) is 0 Å². The molecular formula is C20H17F3N2O3. The zero-order valence-electron chi connectivity index (χ0n) is 15.1. The molecule has 0 saturated heterocycles. The van der Waals surface area contributed by atoms with Gasteiger partial charge in [-0.15, -0.1) is 0 Å². The van der Waals surface area contributed by atoms with E-state index in [0.29, 0.717) is 16.8 Å². The Labute approximate surface area is 159 Å². The van der Waals surface area contributed by atoms with Gasteiger partial charge in [-0.3, -0.25) is 14.9 Å². The third-order valence-electron chi connectivity index (χ3n) is 4.85. The van der Waals surface area contributed by atoms with E-state index < -0.39 is 28.6 Å². The van der Waals surface area contributed by atoms with Crippen molar-refractivity contribution in [2.45, 2.75) is 26.1 Å². The van der Waals surface area contributed by atoms with Gasteiger partial charge < -0.3 is 4.90 Å². The van der Waals surface area contributed by atoms with Crippen LogP contribution in [0.5, 0.6) is 0 Å². The van der Waals surface area contributed by atoms with Crippen LogP contribution < -0.4 is 4.90 Å². The van der Waals surface area contributed by atoms with Crippen LogP contribution in [-0.4, -0.2) is 10.7 Å². The second-order valence-electron chi connectivity index (χ2n) is 6.71. The van der Waals surface area contributed by atoms with Gasteiger partial charge in [0.25, 0.3) is 5.69 Å². The largest absolute Gasteiger partial charge is 0.416 e. The van der Waals surface area contributed by atoms with Crippen LogP contribution in [0.4, 0.5) is 24.5 Å². The van der Waals surface area contributed by atoms with Crippen molar-refractivity contribution in [3.8, 4) is 0 Å². The maximum Gasteiger partial charge on any atom is 0.416 e. The summed E-state index contributed by atoms with van der Waals surface area (Å²) in [7, 11) is 0. The van der Waals surface area contributed by atoms with E-state index in [1.165, 1.54) is 24.3 Å². The Morgan fingerprint density at radius 1 is 1.04 bits per heavy atom.